The number of thioether (sulfide) groups is 1. The molecule has 0 atom stereocenters. The molecule has 0 aromatic carbocycles. The molecule has 0 radical (unpaired) electrons. The van der Waals surface area contributed by atoms with Crippen molar-refractivity contribution in [1.29, 1.82) is 0 Å². The fourth-order valence-corrected chi connectivity index (χ4v) is 3.37. The molecular formula is C12H16N4S. The van der Waals surface area contributed by atoms with Gasteiger partial charge in [-0.25, -0.2) is 9.50 Å². The molecule has 1 saturated heterocycles. The second kappa shape index (κ2) is 4.66. The summed E-state index contributed by atoms with van der Waals surface area (Å²) in [6.45, 7) is 0.501. The lowest BCUT2D eigenvalue weighted by Gasteiger charge is -2.17. The fraction of sp³-hybridized carbons (Fsp3) is 0.500. The van der Waals surface area contributed by atoms with Crippen LogP contribution in [0.15, 0.2) is 18.2 Å². The van der Waals surface area contributed by atoms with E-state index < -0.39 is 0 Å². The molecule has 0 aliphatic carbocycles. The first-order valence-electron chi connectivity index (χ1n) is 6.01. The molecule has 3 heterocycles. The van der Waals surface area contributed by atoms with Crippen LogP contribution in [0.1, 0.15) is 30.3 Å². The highest BCUT2D eigenvalue weighted by Gasteiger charge is 2.20. The zero-order valence-corrected chi connectivity index (χ0v) is 10.5. The van der Waals surface area contributed by atoms with Crippen LogP contribution in [-0.2, 0) is 6.54 Å². The minimum absolute atomic E-state index is 0.501. The zero-order valence-electron chi connectivity index (χ0n) is 9.67. The van der Waals surface area contributed by atoms with E-state index >= 15 is 0 Å². The molecule has 0 bridgehead atoms. The van der Waals surface area contributed by atoms with Gasteiger partial charge in [0.25, 0.3) is 0 Å². The third kappa shape index (κ3) is 2.05. The van der Waals surface area contributed by atoms with Crippen LogP contribution < -0.4 is 5.73 Å². The van der Waals surface area contributed by atoms with Crippen LogP contribution in [0.5, 0.6) is 0 Å². The molecule has 2 aromatic rings. The van der Waals surface area contributed by atoms with Crippen LogP contribution in [0.25, 0.3) is 5.65 Å². The molecule has 5 heteroatoms. The molecule has 0 unspecified atom stereocenters. The third-order valence-corrected chi connectivity index (χ3v) is 4.30. The van der Waals surface area contributed by atoms with E-state index in [1.165, 1.54) is 24.3 Å². The predicted octanol–water partition coefficient (Wildman–Crippen LogP) is 1.80. The number of nitrogens with zero attached hydrogens (tertiary/aromatic N) is 3. The summed E-state index contributed by atoms with van der Waals surface area (Å²) in [4.78, 5) is 4.63. The van der Waals surface area contributed by atoms with Gasteiger partial charge in [0.15, 0.2) is 11.5 Å². The van der Waals surface area contributed by atoms with E-state index in [4.69, 9.17) is 5.73 Å². The van der Waals surface area contributed by atoms with Gasteiger partial charge in [-0.05, 0) is 36.5 Å². The van der Waals surface area contributed by atoms with Crippen molar-refractivity contribution < 1.29 is 0 Å². The average molecular weight is 248 g/mol. The molecule has 0 spiro atoms. The fourth-order valence-electron chi connectivity index (χ4n) is 2.26. The predicted molar refractivity (Wildman–Crippen MR) is 70.2 cm³/mol. The number of rotatable bonds is 2. The van der Waals surface area contributed by atoms with Gasteiger partial charge in [-0.1, -0.05) is 6.07 Å². The number of hydrogen-bond acceptors (Lipinski definition) is 4. The lowest BCUT2D eigenvalue weighted by atomic mass is 10.0. The molecule has 3 rings (SSSR count). The number of nitrogens with two attached hydrogens (primary N) is 1. The van der Waals surface area contributed by atoms with Crippen molar-refractivity contribution >= 4 is 17.4 Å². The molecule has 0 amide bonds. The van der Waals surface area contributed by atoms with Gasteiger partial charge in [0.1, 0.15) is 0 Å². The van der Waals surface area contributed by atoms with Gasteiger partial charge in [0, 0.05) is 12.5 Å². The smallest absolute Gasteiger partial charge is 0.155 e. The topological polar surface area (TPSA) is 56.2 Å². The average Bonchev–Trinajstić information content (AvgIpc) is 2.83. The second-order valence-electron chi connectivity index (χ2n) is 4.35. The van der Waals surface area contributed by atoms with Crippen molar-refractivity contribution in [1.82, 2.24) is 14.6 Å². The van der Waals surface area contributed by atoms with Gasteiger partial charge in [-0.15, -0.1) is 0 Å². The van der Waals surface area contributed by atoms with Gasteiger partial charge < -0.3 is 5.73 Å². The van der Waals surface area contributed by atoms with Crippen LogP contribution in [0.2, 0.25) is 0 Å². The minimum atomic E-state index is 0.501. The van der Waals surface area contributed by atoms with Gasteiger partial charge in [-0.3, -0.25) is 0 Å². The lowest BCUT2D eigenvalue weighted by molar-refractivity contribution is 0.596. The standard InChI is InChI=1S/C12H16N4S/c13-8-10-2-1-3-11-14-12(15-16(10)11)9-4-6-17-7-5-9/h1-3,9H,4-8,13H2. The maximum atomic E-state index is 5.71. The van der Waals surface area contributed by atoms with Crippen molar-refractivity contribution in [2.24, 2.45) is 5.73 Å². The molecule has 2 aromatic heterocycles. The van der Waals surface area contributed by atoms with E-state index in [-0.39, 0.29) is 0 Å². The largest absolute Gasteiger partial charge is 0.325 e. The van der Waals surface area contributed by atoms with Gasteiger partial charge >= 0.3 is 0 Å². The number of pyridine rings is 1. The van der Waals surface area contributed by atoms with Gasteiger partial charge in [0.2, 0.25) is 0 Å². The van der Waals surface area contributed by atoms with Crippen LogP contribution in [0.3, 0.4) is 0 Å². The summed E-state index contributed by atoms with van der Waals surface area (Å²) in [6, 6.07) is 5.99. The Kier molecular flexibility index (Phi) is 3.03. The first kappa shape index (κ1) is 11.0. The Balaban J connectivity index is 2.00. The normalized spacial score (nSPS) is 17.7. The highest BCUT2D eigenvalue weighted by Crippen LogP contribution is 2.29. The van der Waals surface area contributed by atoms with E-state index in [0.29, 0.717) is 12.5 Å². The molecule has 1 fully saturated rings. The van der Waals surface area contributed by atoms with Crippen LogP contribution in [0, 0.1) is 0 Å². The third-order valence-electron chi connectivity index (χ3n) is 3.25. The van der Waals surface area contributed by atoms with E-state index in [9.17, 15) is 0 Å². The van der Waals surface area contributed by atoms with Crippen molar-refractivity contribution in [3.8, 4) is 0 Å². The Morgan fingerprint density at radius 2 is 2.18 bits per heavy atom. The molecule has 1 aliphatic heterocycles. The first-order chi connectivity index (χ1) is 8.38. The molecule has 1 aliphatic rings. The molecule has 90 valence electrons. The zero-order chi connectivity index (χ0) is 11.7. The SMILES string of the molecule is NCc1cccc2nc(C3CCSCC3)nn12. The molecule has 4 nitrogen and oxygen atoms in total. The molecular weight excluding hydrogens is 232 g/mol. The van der Waals surface area contributed by atoms with E-state index in [1.54, 1.807) is 0 Å². The van der Waals surface area contributed by atoms with Gasteiger partial charge in [0.05, 0.1) is 5.69 Å². The van der Waals surface area contributed by atoms with E-state index in [2.05, 4.69) is 10.1 Å². The van der Waals surface area contributed by atoms with Crippen LogP contribution in [-0.4, -0.2) is 26.1 Å². The van der Waals surface area contributed by atoms with Crippen molar-refractivity contribution in [3.63, 3.8) is 0 Å². The number of hydrogen-bond donors (Lipinski definition) is 1. The quantitative estimate of drug-likeness (QED) is 0.880. The summed E-state index contributed by atoms with van der Waals surface area (Å²) in [6.07, 6.45) is 2.39. The Morgan fingerprint density at radius 1 is 1.35 bits per heavy atom. The summed E-state index contributed by atoms with van der Waals surface area (Å²) >= 11 is 2.03. The summed E-state index contributed by atoms with van der Waals surface area (Å²) in [5, 5.41) is 4.62. The van der Waals surface area contributed by atoms with Crippen LogP contribution in [0.4, 0.5) is 0 Å². The Bertz CT molecular complexity index is 516. The highest BCUT2D eigenvalue weighted by molar-refractivity contribution is 7.99. The van der Waals surface area contributed by atoms with Crippen molar-refractivity contribution in [2.75, 3.05) is 11.5 Å². The summed E-state index contributed by atoms with van der Waals surface area (Å²) in [5.74, 6) is 3.97. The summed E-state index contributed by atoms with van der Waals surface area (Å²) < 4.78 is 1.89. The maximum Gasteiger partial charge on any atom is 0.155 e. The second-order valence-corrected chi connectivity index (χ2v) is 5.57. The lowest BCUT2D eigenvalue weighted by Crippen LogP contribution is -2.10. The first-order valence-corrected chi connectivity index (χ1v) is 7.16. The Hall–Kier alpha value is -1.07. The molecule has 0 saturated carbocycles. The molecule has 17 heavy (non-hydrogen) atoms. The summed E-state index contributed by atoms with van der Waals surface area (Å²) in [5.41, 5.74) is 7.65. The van der Waals surface area contributed by atoms with Crippen molar-refractivity contribution in [2.45, 2.75) is 25.3 Å². The Morgan fingerprint density at radius 3 is 2.94 bits per heavy atom. The maximum absolute atomic E-state index is 5.71. The highest BCUT2D eigenvalue weighted by atomic mass is 32.2. The van der Waals surface area contributed by atoms with E-state index in [1.807, 2.05) is 34.5 Å². The van der Waals surface area contributed by atoms with Gasteiger partial charge in [-0.2, -0.15) is 16.9 Å². The van der Waals surface area contributed by atoms with Crippen LogP contribution >= 0.6 is 11.8 Å². The minimum Gasteiger partial charge on any atom is -0.325 e. The summed E-state index contributed by atoms with van der Waals surface area (Å²) in [7, 11) is 0. The molecule has 2 N–H and O–H groups in total. The number of fused-ring (bicyclic) bond motifs is 1. The van der Waals surface area contributed by atoms with E-state index in [0.717, 1.165) is 17.2 Å². The Labute approximate surface area is 105 Å². The monoisotopic (exact) mass is 248 g/mol. The number of aromatic nitrogens is 3. The van der Waals surface area contributed by atoms with Crippen molar-refractivity contribution in [3.05, 3.63) is 29.7 Å².